The molecule has 11 heteroatoms. The van der Waals surface area contributed by atoms with Crippen molar-refractivity contribution in [1.29, 1.82) is 0 Å². The van der Waals surface area contributed by atoms with Crippen LogP contribution in [0.3, 0.4) is 0 Å². The lowest BCUT2D eigenvalue weighted by molar-refractivity contribution is -0.384. The molecular weight excluding hydrogens is 415 g/mol. The maximum absolute atomic E-state index is 11.5. The molecule has 0 radical (unpaired) electrons. The van der Waals surface area contributed by atoms with E-state index < -0.39 is 20.1 Å². The minimum absolute atomic E-state index is 0.0861. The number of nitro benzene ring substituents is 1. The first-order valence-corrected chi connectivity index (χ1v) is 8.76. The van der Waals surface area contributed by atoms with Gasteiger partial charge in [-0.05, 0) is 18.2 Å². The smallest absolute Gasteiger partial charge is 0.330 e. The summed E-state index contributed by atoms with van der Waals surface area (Å²) in [5.41, 5.74) is -0.452. The number of nitro groups is 1. The van der Waals surface area contributed by atoms with E-state index in [2.05, 4.69) is 0 Å². The van der Waals surface area contributed by atoms with Crippen LogP contribution in [-0.2, 0) is 11.3 Å². The fraction of sp³-hybridized carbons (Fsp3) is 0.143. The van der Waals surface area contributed by atoms with Gasteiger partial charge >= 0.3 is 5.69 Å². The fourth-order valence-electron chi connectivity index (χ4n) is 1.98. The number of quaternary nitrogens is 1. The Morgan fingerprint density at radius 2 is 1.68 bits per heavy atom. The van der Waals surface area contributed by atoms with E-state index in [0.717, 1.165) is 6.07 Å². The number of ether oxygens (including phenoxy) is 1. The van der Waals surface area contributed by atoms with E-state index in [1.165, 1.54) is 38.4 Å². The summed E-state index contributed by atoms with van der Waals surface area (Å²) in [4.78, 5) is 10.5. The Morgan fingerprint density at radius 3 is 2.16 bits per heavy atom. The molecule has 0 aliphatic carbocycles. The number of halogens is 3. The van der Waals surface area contributed by atoms with Crippen molar-refractivity contribution < 1.29 is 18.4 Å². The fourth-order valence-corrected chi connectivity index (χ4v) is 3.18. The first kappa shape index (κ1) is 19.9. The maximum atomic E-state index is 11.5. The molecule has 2 aromatic rings. The molecule has 25 heavy (non-hydrogen) atoms. The second-order valence-corrected chi connectivity index (χ2v) is 7.87. The summed E-state index contributed by atoms with van der Waals surface area (Å²) in [5, 5.41) is 11.8. The zero-order chi connectivity index (χ0) is 18.9. The Bertz CT molecular complexity index is 853. The van der Waals surface area contributed by atoms with Crippen LogP contribution >= 0.6 is 34.8 Å². The lowest BCUT2D eigenvalue weighted by atomic mass is 10.2. The zero-order valence-electron chi connectivity index (χ0n) is 12.9. The van der Waals surface area contributed by atoms with Gasteiger partial charge < -0.3 is 9.29 Å². The monoisotopic (exact) mass is 424 g/mol. The van der Waals surface area contributed by atoms with Gasteiger partial charge in [0.25, 0.3) is 0 Å². The van der Waals surface area contributed by atoms with E-state index in [-0.39, 0.29) is 32.9 Å². The van der Waals surface area contributed by atoms with Crippen molar-refractivity contribution in [3.8, 4) is 11.5 Å². The van der Waals surface area contributed by atoms with Crippen LogP contribution in [0.2, 0.25) is 15.1 Å². The third-order valence-electron chi connectivity index (χ3n) is 3.28. The highest BCUT2D eigenvalue weighted by molar-refractivity contribution is 7.78. The lowest BCUT2D eigenvalue weighted by Gasteiger charge is -2.29. The molecule has 1 atom stereocenters. The van der Waals surface area contributed by atoms with Gasteiger partial charge in [-0.3, -0.25) is 10.1 Å². The molecule has 7 nitrogen and oxygen atoms in total. The average Bonchev–Trinajstić information content (AvgIpc) is 2.50. The lowest BCUT2D eigenvalue weighted by Crippen LogP contribution is -2.42. The predicted molar refractivity (Wildman–Crippen MR) is 97.2 cm³/mol. The van der Waals surface area contributed by atoms with Gasteiger partial charge in [-0.15, -0.1) is 0 Å². The summed E-state index contributed by atoms with van der Waals surface area (Å²) in [7, 11) is 2.58. The average molecular weight is 426 g/mol. The van der Waals surface area contributed by atoms with E-state index in [9.17, 15) is 18.9 Å². The van der Waals surface area contributed by atoms with E-state index >= 15 is 0 Å². The molecule has 2 rings (SSSR count). The summed E-state index contributed by atoms with van der Waals surface area (Å²) in [6.45, 7) is 0. The molecule has 2 aromatic carbocycles. The van der Waals surface area contributed by atoms with Crippen molar-refractivity contribution in [2.24, 2.45) is 0 Å². The van der Waals surface area contributed by atoms with Gasteiger partial charge in [-0.25, -0.2) is 8.10 Å². The highest BCUT2D eigenvalue weighted by atomic mass is 35.5. The molecule has 0 spiro atoms. The normalized spacial score (nSPS) is 12.7. The first-order chi connectivity index (χ1) is 11.5. The molecule has 0 amide bonds. The minimum atomic E-state index is -2.66. The molecule has 0 aromatic heterocycles. The Morgan fingerprint density at radius 1 is 1.12 bits per heavy atom. The predicted octanol–water partition coefficient (Wildman–Crippen LogP) is 4.71. The van der Waals surface area contributed by atoms with Crippen LogP contribution in [0.4, 0.5) is 11.4 Å². The summed E-state index contributed by atoms with van der Waals surface area (Å²) < 4.78 is 27.7. The number of hydrogen-bond donors (Lipinski definition) is 0. The van der Waals surface area contributed by atoms with Crippen molar-refractivity contribution in [2.75, 3.05) is 14.1 Å². The van der Waals surface area contributed by atoms with Gasteiger partial charge in [0.05, 0.1) is 35.1 Å². The van der Waals surface area contributed by atoms with Gasteiger partial charge in [0, 0.05) is 11.1 Å². The Kier molecular flexibility index (Phi) is 5.93. The van der Waals surface area contributed by atoms with E-state index in [1.807, 2.05) is 0 Å². The standard InChI is InChI=1S/C14H11Cl3N2O5S/c1-19(2,25(22)23)13-7-9(3-4-12(13)18(20)21)24-14-10(16)5-8(15)6-11(14)17/h3-7H,1-2H3. The first-order valence-electron chi connectivity index (χ1n) is 6.59. The van der Waals surface area contributed by atoms with Crippen LogP contribution < -0.4 is 8.63 Å². The molecule has 0 fully saturated rings. The Balaban J connectivity index is 2.55. The van der Waals surface area contributed by atoms with Crippen LogP contribution in [-0.4, -0.2) is 27.8 Å². The molecule has 1 unspecified atom stereocenters. The highest BCUT2D eigenvalue weighted by Crippen LogP contribution is 2.41. The van der Waals surface area contributed by atoms with Crippen molar-refractivity contribution in [3.63, 3.8) is 0 Å². The molecule has 0 bridgehead atoms. The highest BCUT2D eigenvalue weighted by Gasteiger charge is 2.32. The van der Waals surface area contributed by atoms with Crippen molar-refractivity contribution in [3.05, 3.63) is 55.5 Å². The Labute approximate surface area is 160 Å². The molecule has 0 saturated heterocycles. The van der Waals surface area contributed by atoms with Crippen LogP contribution in [0.15, 0.2) is 30.3 Å². The number of nitrogens with zero attached hydrogens (tertiary/aromatic N) is 2. The largest absolute Gasteiger partial charge is 0.724 e. The topological polar surface area (TPSA) is 92.5 Å². The number of rotatable bonds is 5. The summed E-state index contributed by atoms with van der Waals surface area (Å²) in [5.74, 6) is 0.226. The quantitative estimate of drug-likeness (QED) is 0.299. The van der Waals surface area contributed by atoms with E-state index in [4.69, 9.17) is 39.5 Å². The van der Waals surface area contributed by atoms with Crippen LogP contribution in [0.5, 0.6) is 11.5 Å². The molecule has 0 aliphatic heterocycles. The van der Waals surface area contributed by atoms with Crippen molar-refractivity contribution in [2.45, 2.75) is 0 Å². The minimum Gasteiger partial charge on any atom is -0.724 e. The maximum Gasteiger partial charge on any atom is 0.330 e. The third kappa shape index (κ3) is 4.22. The van der Waals surface area contributed by atoms with Gasteiger partial charge in [0.1, 0.15) is 5.75 Å². The summed E-state index contributed by atoms with van der Waals surface area (Å²) in [6, 6.07) is 6.55. The van der Waals surface area contributed by atoms with Gasteiger partial charge in [-0.2, -0.15) is 0 Å². The van der Waals surface area contributed by atoms with Crippen LogP contribution in [0, 0.1) is 10.1 Å². The molecule has 134 valence electrons. The van der Waals surface area contributed by atoms with E-state index in [1.54, 1.807) is 0 Å². The van der Waals surface area contributed by atoms with Gasteiger partial charge in [0.2, 0.25) is 5.69 Å². The zero-order valence-corrected chi connectivity index (χ0v) is 15.9. The molecular formula is C14H11Cl3N2O5S. The SMILES string of the molecule is C[N+](C)(c1cc(Oc2c(Cl)cc(Cl)cc2Cl)ccc1[N+](=O)[O-])S(=O)[O-]. The van der Waals surface area contributed by atoms with Crippen LogP contribution in [0.1, 0.15) is 0 Å². The van der Waals surface area contributed by atoms with Gasteiger partial charge in [-0.1, -0.05) is 34.8 Å². The summed E-state index contributed by atoms with van der Waals surface area (Å²) >= 11 is 15.3. The number of benzene rings is 2. The summed E-state index contributed by atoms with van der Waals surface area (Å²) in [6.07, 6.45) is 0. The van der Waals surface area contributed by atoms with E-state index in [0.29, 0.717) is 5.02 Å². The third-order valence-corrected chi connectivity index (χ3v) is 5.00. The Hall–Kier alpha value is -1.42. The van der Waals surface area contributed by atoms with Crippen molar-refractivity contribution >= 4 is 57.4 Å². The molecule has 0 saturated carbocycles. The number of hydrogen-bond acceptors (Lipinski definition) is 5. The second-order valence-electron chi connectivity index (χ2n) is 5.28. The molecule has 0 heterocycles. The molecule has 0 aliphatic rings. The van der Waals surface area contributed by atoms with Gasteiger partial charge in [0.15, 0.2) is 17.0 Å². The second kappa shape index (κ2) is 7.45. The van der Waals surface area contributed by atoms with Crippen molar-refractivity contribution in [1.82, 2.24) is 3.89 Å². The molecule has 0 N–H and O–H groups in total. The van der Waals surface area contributed by atoms with Crippen LogP contribution in [0.25, 0.3) is 0 Å².